The number of hydrazine groups is 1. The molecule has 3 N–H and O–H groups in total. The molecule has 17 heavy (non-hydrogen) atoms. The fraction of sp³-hybridized carbons (Fsp3) is 0.273. The Morgan fingerprint density at radius 3 is 2.71 bits per heavy atom. The van der Waals surface area contributed by atoms with E-state index in [9.17, 15) is 9.59 Å². The van der Waals surface area contributed by atoms with Gasteiger partial charge in [0.1, 0.15) is 0 Å². The quantitative estimate of drug-likeness (QED) is 0.686. The lowest BCUT2D eigenvalue weighted by molar-refractivity contribution is 0.148. The van der Waals surface area contributed by atoms with Crippen molar-refractivity contribution < 1.29 is 14.3 Å². The Labute approximate surface area is 99.3 Å². The van der Waals surface area contributed by atoms with Crippen LogP contribution in [0.15, 0.2) is 24.3 Å². The smallest absolute Gasteiger partial charge is 0.426 e. The van der Waals surface area contributed by atoms with Crippen LogP contribution in [0.5, 0.6) is 0 Å². The topological polar surface area (TPSA) is 79.5 Å². The summed E-state index contributed by atoms with van der Waals surface area (Å²) < 4.78 is 4.57. The number of hydrogen-bond acceptors (Lipinski definition) is 3. The molecule has 0 fully saturated rings. The van der Waals surface area contributed by atoms with Gasteiger partial charge < -0.3 is 10.1 Å². The van der Waals surface area contributed by atoms with Gasteiger partial charge in [-0.25, -0.2) is 20.4 Å². The number of nitrogens with one attached hydrogen (secondary N) is 3. The Morgan fingerprint density at radius 1 is 1.29 bits per heavy atom. The highest BCUT2D eigenvalue weighted by Crippen LogP contribution is 2.08. The molecule has 0 aliphatic rings. The number of rotatable bonds is 2. The lowest BCUT2D eigenvalue weighted by Crippen LogP contribution is -2.44. The van der Waals surface area contributed by atoms with Crippen LogP contribution < -0.4 is 16.2 Å². The highest BCUT2D eigenvalue weighted by atomic mass is 16.6. The minimum atomic E-state index is -0.702. The molecule has 92 valence electrons. The number of benzene rings is 1. The molecule has 1 aromatic carbocycles. The summed E-state index contributed by atoms with van der Waals surface area (Å²) in [5.74, 6) is 0. The average molecular weight is 237 g/mol. The molecule has 0 spiro atoms. The van der Waals surface area contributed by atoms with Crippen LogP contribution in [-0.4, -0.2) is 18.7 Å². The van der Waals surface area contributed by atoms with Crippen LogP contribution >= 0.6 is 0 Å². The van der Waals surface area contributed by atoms with Crippen molar-refractivity contribution in [2.45, 2.75) is 13.8 Å². The van der Waals surface area contributed by atoms with E-state index in [2.05, 4.69) is 20.9 Å². The van der Waals surface area contributed by atoms with E-state index >= 15 is 0 Å². The van der Waals surface area contributed by atoms with Gasteiger partial charge in [-0.2, -0.15) is 0 Å². The molecule has 1 rings (SSSR count). The Hall–Kier alpha value is -2.24. The van der Waals surface area contributed by atoms with Crippen LogP contribution in [0.2, 0.25) is 0 Å². The monoisotopic (exact) mass is 237 g/mol. The summed E-state index contributed by atoms with van der Waals surface area (Å²) >= 11 is 0. The highest BCUT2D eigenvalue weighted by molar-refractivity contribution is 5.90. The van der Waals surface area contributed by atoms with Crippen molar-refractivity contribution in [2.24, 2.45) is 0 Å². The van der Waals surface area contributed by atoms with Gasteiger partial charge in [0.15, 0.2) is 0 Å². The summed E-state index contributed by atoms with van der Waals surface area (Å²) in [6, 6.07) is 6.76. The molecular formula is C11H15N3O3. The van der Waals surface area contributed by atoms with Gasteiger partial charge in [-0.3, -0.25) is 0 Å². The number of urea groups is 1. The van der Waals surface area contributed by atoms with Gasteiger partial charge in [-0.05, 0) is 31.5 Å². The van der Waals surface area contributed by atoms with Crippen LogP contribution in [-0.2, 0) is 4.74 Å². The minimum Gasteiger partial charge on any atom is -0.449 e. The van der Waals surface area contributed by atoms with E-state index in [-0.39, 0.29) is 6.61 Å². The lowest BCUT2D eigenvalue weighted by Gasteiger charge is -2.08. The maximum absolute atomic E-state index is 11.3. The van der Waals surface area contributed by atoms with E-state index in [4.69, 9.17) is 0 Å². The molecule has 0 saturated heterocycles. The summed E-state index contributed by atoms with van der Waals surface area (Å²) in [7, 11) is 0. The van der Waals surface area contributed by atoms with Gasteiger partial charge in [-0.15, -0.1) is 0 Å². The number of anilines is 1. The first-order valence-electron chi connectivity index (χ1n) is 5.18. The summed E-state index contributed by atoms with van der Waals surface area (Å²) in [6.07, 6.45) is -0.702. The number of ether oxygens (including phenoxy) is 1. The Balaban J connectivity index is 2.37. The van der Waals surface area contributed by atoms with E-state index in [1.165, 1.54) is 0 Å². The van der Waals surface area contributed by atoms with Gasteiger partial charge in [0.05, 0.1) is 6.61 Å². The van der Waals surface area contributed by atoms with Crippen molar-refractivity contribution in [3.05, 3.63) is 29.8 Å². The van der Waals surface area contributed by atoms with E-state index < -0.39 is 12.1 Å². The average Bonchev–Trinajstić information content (AvgIpc) is 2.27. The first-order chi connectivity index (χ1) is 8.11. The molecule has 3 amide bonds. The number of hydrogen-bond donors (Lipinski definition) is 3. The molecule has 6 heteroatoms. The van der Waals surface area contributed by atoms with Crippen LogP contribution in [0.25, 0.3) is 0 Å². The van der Waals surface area contributed by atoms with Crippen molar-refractivity contribution >= 4 is 17.8 Å². The molecular weight excluding hydrogens is 222 g/mol. The Morgan fingerprint density at radius 2 is 2.06 bits per heavy atom. The van der Waals surface area contributed by atoms with Crippen molar-refractivity contribution in [3.8, 4) is 0 Å². The summed E-state index contributed by atoms with van der Waals surface area (Å²) in [5, 5.41) is 2.56. The summed E-state index contributed by atoms with van der Waals surface area (Å²) in [5.41, 5.74) is 5.93. The standard InChI is InChI=1S/C11H15N3O3/c1-3-17-11(16)14-13-10(15)12-9-6-4-5-8(2)7-9/h4-7H,3H2,1-2H3,(H,14,16)(H2,12,13,15). The highest BCUT2D eigenvalue weighted by Gasteiger charge is 2.04. The fourth-order valence-electron chi connectivity index (χ4n) is 1.16. The maximum Gasteiger partial charge on any atom is 0.426 e. The second-order valence-corrected chi connectivity index (χ2v) is 3.29. The molecule has 0 unspecified atom stereocenters. The third-order valence-corrected chi connectivity index (χ3v) is 1.83. The molecule has 1 aromatic rings. The number of aryl methyl sites for hydroxylation is 1. The first kappa shape index (κ1) is 12.8. The Kier molecular flexibility index (Phi) is 4.80. The van der Waals surface area contributed by atoms with Gasteiger partial charge >= 0.3 is 12.1 Å². The predicted molar refractivity (Wildman–Crippen MR) is 63.5 cm³/mol. The zero-order chi connectivity index (χ0) is 12.7. The number of carbonyl (C=O) groups is 2. The lowest BCUT2D eigenvalue weighted by atomic mass is 10.2. The SMILES string of the molecule is CCOC(=O)NNC(=O)Nc1cccc(C)c1. The van der Waals surface area contributed by atoms with Crippen LogP contribution in [0, 0.1) is 6.92 Å². The van der Waals surface area contributed by atoms with Crippen LogP contribution in [0.3, 0.4) is 0 Å². The van der Waals surface area contributed by atoms with E-state index in [0.717, 1.165) is 5.56 Å². The number of amides is 3. The molecule has 6 nitrogen and oxygen atoms in total. The molecule has 0 bridgehead atoms. The third kappa shape index (κ3) is 4.87. The summed E-state index contributed by atoms with van der Waals surface area (Å²) in [6.45, 7) is 3.83. The van der Waals surface area contributed by atoms with Crippen molar-refractivity contribution in [2.75, 3.05) is 11.9 Å². The molecule has 0 aromatic heterocycles. The van der Waals surface area contributed by atoms with E-state index in [1.54, 1.807) is 13.0 Å². The minimum absolute atomic E-state index is 0.243. The second-order valence-electron chi connectivity index (χ2n) is 3.29. The largest absolute Gasteiger partial charge is 0.449 e. The van der Waals surface area contributed by atoms with E-state index in [1.807, 2.05) is 25.1 Å². The zero-order valence-corrected chi connectivity index (χ0v) is 9.74. The van der Waals surface area contributed by atoms with E-state index in [0.29, 0.717) is 5.69 Å². The molecule has 0 heterocycles. The first-order valence-corrected chi connectivity index (χ1v) is 5.18. The van der Waals surface area contributed by atoms with Gasteiger partial charge in [0.25, 0.3) is 0 Å². The van der Waals surface area contributed by atoms with Gasteiger partial charge in [0.2, 0.25) is 0 Å². The third-order valence-electron chi connectivity index (χ3n) is 1.83. The summed E-state index contributed by atoms with van der Waals surface area (Å²) in [4.78, 5) is 22.2. The van der Waals surface area contributed by atoms with Crippen molar-refractivity contribution in [1.82, 2.24) is 10.9 Å². The predicted octanol–water partition coefficient (Wildman–Crippen LogP) is 1.78. The molecule has 0 atom stereocenters. The maximum atomic E-state index is 11.3. The molecule has 0 aliphatic carbocycles. The molecule has 0 saturated carbocycles. The van der Waals surface area contributed by atoms with Gasteiger partial charge in [0, 0.05) is 5.69 Å². The van der Waals surface area contributed by atoms with Crippen molar-refractivity contribution in [3.63, 3.8) is 0 Å². The van der Waals surface area contributed by atoms with Crippen LogP contribution in [0.4, 0.5) is 15.3 Å². The van der Waals surface area contributed by atoms with Crippen molar-refractivity contribution in [1.29, 1.82) is 0 Å². The Bertz CT molecular complexity index is 407. The zero-order valence-electron chi connectivity index (χ0n) is 9.74. The second kappa shape index (κ2) is 6.37. The van der Waals surface area contributed by atoms with Crippen LogP contribution in [0.1, 0.15) is 12.5 Å². The fourth-order valence-corrected chi connectivity index (χ4v) is 1.16. The normalized spacial score (nSPS) is 9.29. The molecule has 0 radical (unpaired) electrons. The molecule has 0 aliphatic heterocycles. The van der Waals surface area contributed by atoms with Gasteiger partial charge in [-0.1, -0.05) is 12.1 Å². The number of carbonyl (C=O) groups excluding carboxylic acids is 2.